The molecule has 0 aliphatic carbocycles. The molecule has 3 N–H and O–H groups in total. The number of rotatable bonds is 3. The van der Waals surface area contributed by atoms with Gasteiger partial charge >= 0.3 is 0 Å². The SMILES string of the molecule is C[C@H](NC(=O)c1cn2c(N)nc3c(F)cccc3c2n1)c1ccccc1. The maximum atomic E-state index is 14.0. The van der Waals surface area contributed by atoms with Crippen molar-refractivity contribution < 1.29 is 9.18 Å². The molecule has 0 saturated carbocycles. The smallest absolute Gasteiger partial charge is 0.271 e. The Kier molecular flexibility index (Phi) is 3.76. The van der Waals surface area contributed by atoms with E-state index in [0.717, 1.165) is 5.56 Å². The highest BCUT2D eigenvalue weighted by molar-refractivity contribution is 5.97. The average molecular weight is 349 g/mol. The third kappa shape index (κ3) is 2.63. The number of nitrogens with zero attached hydrogens (tertiary/aromatic N) is 3. The summed E-state index contributed by atoms with van der Waals surface area (Å²) in [6, 6.07) is 14.0. The molecule has 0 fully saturated rings. The first kappa shape index (κ1) is 16.0. The van der Waals surface area contributed by atoms with Crippen molar-refractivity contribution in [3.05, 3.63) is 71.8 Å². The lowest BCUT2D eigenvalue weighted by Crippen LogP contribution is -2.26. The lowest BCUT2D eigenvalue weighted by molar-refractivity contribution is 0.0935. The number of hydrogen-bond acceptors (Lipinski definition) is 4. The number of hydrogen-bond donors (Lipinski definition) is 2. The number of fused-ring (bicyclic) bond motifs is 3. The standard InChI is InChI=1S/C19H16FN5O/c1-11(12-6-3-2-4-7-12)22-18(26)15-10-25-17(23-15)13-8-5-9-14(20)16(13)24-19(25)21/h2-11H,1H3,(H2,21,24)(H,22,26)/t11-/m0/s1. The van der Waals surface area contributed by atoms with Gasteiger partial charge in [-0.2, -0.15) is 0 Å². The molecule has 2 aromatic carbocycles. The van der Waals surface area contributed by atoms with Crippen LogP contribution < -0.4 is 11.1 Å². The highest BCUT2D eigenvalue weighted by atomic mass is 19.1. The summed E-state index contributed by atoms with van der Waals surface area (Å²) in [6.45, 7) is 1.89. The van der Waals surface area contributed by atoms with Gasteiger partial charge in [-0.15, -0.1) is 0 Å². The van der Waals surface area contributed by atoms with Crippen molar-refractivity contribution in [2.75, 3.05) is 5.73 Å². The van der Waals surface area contributed by atoms with Gasteiger partial charge in [-0.3, -0.25) is 9.20 Å². The van der Waals surface area contributed by atoms with Crippen LogP contribution in [0, 0.1) is 5.82 Å². The first-order valence-corrected chi connectivity index (χ1v) is 8.13. The van der Waals surface area contributed by atoms with E-state index in [-0.39, 0.29) is 29.1 Å². The third-order valence-electron chi connectivity index (χ3n) is 4.29. The number of aromatic nitrogens is 3. The van der Waals surface area contributed by atoms with Crippen molar-refractivity contribution in [1.29, 1.82) is 0 Å². The second kappa shape index (κ2) is 6.11. The van der Waals surface area contributed by atoms with Crippen LogP contribution in [0.5, 0.6) is 0 Å². The quantitative estimate of drug-likeness (QED) is 0.595. The molecule has 26 heavy (non-hydrogen) atoms. The Labute approximate surface area is 148 Å². The van der Waals surface area contributed by atoms with E-state index in [2.05, 4.69) is 15.3 Å². The maximum Gasteiger partial charge on any atom is 0.271 e. The number of nitrogens with one attached hydrogen (secondary N) is 1. The van der Waals surface area contributed by atoms with Crippen LogP contribution in [0.25, 0.3) is 16.6 Å². The fourth-order valence-electron chi connectivity index (χ4n) is 2.93. The van der Waals surface area contributed by atoms with Crippen LogP contribution in [0.4, 0.5) is 10.3 Å². The van der Waals surface area contributed by atoms with Crippen LogP contribution in [0.15, 0.2) is 54.7 Å². The third-order valence-corrected chi connectivity index (χ3v) is 4.29. The molecule has 1 atom stereocenters. The largest absolute Gasteiger partial charge is 0.369 e. The second-order valence-corrected chi connectivity index (χ2v) is 6.03. The van der Waals surface area contributed by atoms with Gasteiger partial charge in [0.1, 0.15) is 22.7 Å². The number of anilines is 1. The van der Waals surface area contributed by atoms with Gasteiger partial charge in [-0.25, -0.2) is 14.4 Å². The van der Waals surface area contributed by atoms with E-state index in [1.165, 1.54) is 16.7 Å². The van der Waals surface area contributed by atoms with Crippen molar-refractivity contribution in [2.45, 2.75) is 13.0 Å². The molecule has 2 aromatic heterocycles. The predicted octanol–water partition coefficient (Wildman–Crippen LogP) is 3.09. The molecule has 0 spiro atoms. The van der Waals surface area contributed by atoms with Crippen LogP contribution in [-0.2, 0) is 0 Å². The molecule has 0 aliphatic rings. The molecule has 4 aromatic rings. The molecule has 0 bridgehead atoms. The summed E-state index contributed by atoms with van der Waals surface area (Å²) in [7, 11) is 0. The number of halogens is 1. The van der Waals surface area contributed by atoms with E-state index < -0.39 is 5.82 Å². The van der Waals surface area contributed by atoms with E-state index >= 15 is 0 Å². The number of nitrogen functional groups attached to an aromatic ring is 1. The van der Waals surface area contributed by atoms with Crippen LogP contribution in [0.1, 0.15) is 29.0 Å². The van der Waals surface area contributed by atoms with E-state index in [0.29, 0.717) is 11.0 Å². The molecule has 0 aliphatic heterocycles. The highest BCUT2D eigenvalue weighted by Crippen LogP contribution is 2.23. The number of carbonyl (C=O) groups excluding carboxylic acids is 1. The van der Waals surface area contributed by atoms with Crippen LogP contribution in [0.2, 0.25) is 0 Å². The van der Waals surface area contributed by atoms with E-state index in [9.17, 15) is 9.18 Å². The summed E-state index contributed by atoms with van der Waals surface area (Å²) in [4.78, 5) is 21.0. The van der Waals surface area contributed by atoms with Gasteiger partial charge in [0.15, 0.2) is 0 Å². The molecule has 130 valence electrons. The summed E-state index contributed by atoms with van der Waals surface area (Å²) in [5.41, 5.74) is 7.61. The van der Waals surface area contributed by atoms with E-state index in [4.69, 9.17) is 5.73 Å². The van der Waals surface area contributed by atoms with Crippen molar-refractivity contribution in [3.63, 3.8) is 0 Å². The zero-order chi connectivity index (χ0) is 18.3. The Bertz CT molecular complexity index is 1120. The minimum absolute atomic E-state index is 0.0697. The summed E-state index contributed by atoms with van der Waals surface area (Å²) in [5.74, 6) is -0.752. The fraction of sp³-hybridized carbons (Fsp3) is 0.105. The molecule has 0 radical (unpaired) electrons. The van der Waals surface area contributed by atoms with Gasteiger partial charge in [0.05, 0.1) is 6.04 Å². The molecule has 6 nitrogen and oxygen atoms in total. The molecule has 4 rings (SSSR count). The summed E-state index contributed by atoms with van der Waals surface area (Å²) in [6.07, 6.45) is 1.51. The Morgan fingerprint density at radius 1 is 1.15 bits per heavy atom. The number of benzene rings is 2. The van der Waals surface area contributed by atoms with Gasteiger partial charge in [-0.05, 0) is 24.6 Å². The minimum atomic E-state index is -0.483. The number of nitrogens with two attached hydrogens (primary N) is 1. The number of amides is 1. The Morgan fingerprint density at radius 2 is 1.92 bits per heavy atom. The van der Waals surface area contributed by atoms with Crippen LogP contribution in [-0.4, -0.2) is 20.3 Å². The topological polar surface area (TPSA) is 85.3 Å². The summed E-state index contributed by atoms with van der Waals surface area (Å²) in [5, 5.41) is 3.40. The lowest BCUT2D eigenvalue weighted by Gasteiger charge is -2.12. The number of para-hydroxylation sites is 1. The highest BCUT2D eigenvalue weighted by Gasteiger charge is 2.18. The van der Waals surface area contributed by atoms with Crippen molar-refractivity contribution >= 4 is 28.4 Å². The summed E-state index contributed by atoms with van der Waals surface area (Å²) < 4.78 is 15.5. The van der Waals surface area contributed by atoms with Gasteiger partial charge in [0.2, 0.25) is 5.95 Å². The van der Waals surface area contributed by atoms with Gasteiger partial charge in [0, 0.05) is 11.6 Å². The fourth-order valence-corrected chi connectivity index (χ4v) is 2.93. The number of carbonyl (C=O) groups is 1. The minimum Gasteiger partial charge on any atom is -0.369 e. The Morgan fingerprint density at radius 3 is 2.69 bits per heavy atom. The van der Waals surface area contributed by atoms with Gasteiger partial charge in [0.25, 0.3) is 5.91 Å². The molecule has 2 heterocycles. The lowest BCUT2D eigenvalue weighted by atomic mass is 10.1. The zero-order valence-electron chi connectivity index (χ0n) is 14.0. The van der Waals surface area contributed by atoms with E-state index in [1.54, 1.807) is 12.1 Å². The Hall–Kier alpha value is -3.48. The molecule has 0 unspecified atom stereocenters. The molecule has 7 heteroatoms. The maximum absolute atomic E-state index is 14.0. The monoisotopic (exact) mass is 349 g/mol. The van der Waals surface area contributed by atoms with Crippen molar-refractivity contribution in [3.8, 4) is 0 Å². The molecule has 1 amide bonds. The van der Waals surface area contributed by atoms with Gasteiger partial charge in [-0.1, -0.05) is 36.4 Å². The first-order chi connectivity index (χ1) is 12.5. The van der Waals surface area contributed by atoms with Crippen molar-refractivity contribution in [1.82, 2.24) is 19.7 Å². The van der Waals surface area contributed by atoms with Crippen LogP contribution in [0.3, 0.4) is 0 Å². The zero-order valence-corrected chi connectivity index (χ0v) is 14.0. The van der Waals surface area contributed by atoms with Crippen molar-refractivity contribution in [2.24, 2.45) is 0 Å². The normalized spacial score (nSPS) is 12.4. The van der Waals surface area contributed by atoms with Crippen LogP contribution >= 0.6 is 0 Å². The molecular weight excluding hydrogens is 333 g/mol. The first-order valence-electron chi connectivity index (χ1n) is 8.13. The summed E-state index contributed by atoms with van der Waals surface area (Å²) >= 11 is 0. The van der Waals surface area contributed by atoms with Gasteiger partial charge < -0.3 is 11.1 Å². The molecule has 0 saturated heterocycles. The molecular formula is C19H16FN5O. The van der Waals surface area contributed by atoms with E-state index in [1.807, 2.05) is 37.3 Å². The number of imidazole rings is 1. The average Bonchev–Trinajstić information content (AvgIpc) is 3.10. The predicted molar refractivity (Wildman–Crippen MR) is 97.2 cm³/mol. The second-order valence-electron chi connectivity index (χ2n) is 6.03. The Balaban J connectivity index is 1.73.